The number of aromatic carboxylic acids is 1. The lowest BCUT2D eigenvalue weighted by Crippen LogP contribution is -2.38. The maximum Gasteiger partial charge on any atom is 0.352 e. The minimum atomic E-state index is -3.69. The van der Waals surface area contributed by atoms with Crippen molar-refractivity contribution in [1.29, 1.82) is 0 Å². The molecule has 0 radical (unpaired) electrons. The quantitative estimate of drug-likeness (QED) is 0.737. The summed E-state index contributed by atoms with van der Waals surface area (Å²) in [5, 5.41) is 9.13. The fourth-order valence-corrected chi connectivity index (χ4v) is 4.26. The summed E-state index contributed by atoms with van der Waals surface area (Å²) in [6, 6.07) is 1.21. The minimum absolute atomic E-state index is 0.00641. The first-order valence-corrected chi connectivity index (χ1v) is 9.97. The highest BCUT2D eigenvalue weighted by Crippen LogP contribution is 2.15. The highest BCUT2D eigenvalue weighted by molar-refractivity contribution is 7.89. The number of carboxylic acid groups (broad SMARTS) is 1. The van der Waals surface area contributed by atoms with Gasteiger partial charge >= 0.3 is 5.97 Å². The second kappa shape index (κ2) is 8.13. The summed E-state index contributed by atoms with van der Waals surface area (Å²) in [6.07, 6.45) is 5.07. The maximum atomic E-state index is 12.4. The monoisotopic (exact) mass is 357 g/mol. The normalized spacial score (nSPS) is 17.8. The third-order valence-electron chi connectivity index (χ3n) is 4.38. The standard InChI is InChI=1S/C16H27N3O4S/c1-3-19-12-14(9-15(19)16(20)21)24(22,23)17-10-13(2)11-18-7-5-4-6-8-18/h9,12-13,17H,3-8,10-11H2,1-2H3,(H,20,21). The van der Waals surface area contributed by atoms with E-state index in [2.05, 4.69) is 9.62 Å². The SMILES string of the molecule is CCn1cc(S(=O)(=O)NCC(C)CN2CCCCC2)cc1C(=O)O. The fourth-order valence-electron chi connectivity index (χ4n) is 3.05. The number of nitrogens with zero attached hydrogens (tertiary/aromatic N) is 2. The Bertz CT molecular complexity index is 663. The lowest BCUT2D eigenvalue weighted by Gasteiger charge is -2.29. The van der Waals surface area contributed by atoms with Gasteiger partial charge < -0.3 is 14.6 Å². The lowest BCUT2D eigenvalue weighted by atomic mass is 10.1. The number of piperidine rings is 1. The topological polar surface area (TPSA) is 91.6 Å². The first-order chi connectivity index (χ1) is 11.3. The van der Waals surface area contributed by atoms with Gasteiger partial charge in [0, 0.05) is 25.8 Å². The smallest absolute Gasteiger partial charge is 0.352 e. The Morgan fingerprint density at radius 2 is 2.00 bits per heavy atom. The van der Waals surface area contributed by atoms with E-state index in [0.717, 1.165) is 19.6 Å². The molecule has 2 heterocycles. The van der Waals surface area contributed by atoms with Gasteiger partial charge in [0.15, 0.2) is 0 Å². The van der Waals surface area contributed by atoms with Crippen LogP contribution in [-0.2, 0) is 16.6 Å². The second-order valence-electron chi connectivity index (χ2n) is 6.47. The summed E-state index contributed by atoms with van der Waals surface area (Å²) in [5.74, 6) is -0.929. The molecule has 2 rings (SSSR count). The molecule has 1 atom stereocenters. The number of aromatic nitrogens is 1. The van der Waals surface area contributed by atoms with Gasteiger partial charge in [-0.2, -0.15) is 0 Å². The molecule has 1 unspecified atom stereocenters. The van der Waals surface area contributed by atoms with Crippen molar-refractivity contribution in [2.24, 2.45) is 5.92 Å². The van der Waals surface area contributed by atoms with Crippen LogP contribution in [0.4, 0.5) is 0 Å². The van der Waals surface area contributed by atoms with Gasteiger partial charge in [-0.15, -0.1) is 0 Å². The molecule has 2 N–H and O–H groups in total. The Morgan fingerprint density at radius 1 is 1.33 bits per heavy atom. The van der Waals surface area contributed by atoms with Crippen LogP contribution in [0.15, 0.2) is 17.2 Å². The number of likely N-dealkylation sites (tertiary alicyclic amines) is 1. The number of carboxylic acids is 1. The van der Waals surface area contributed by atoms with Gasteiger partial charge in [-0.25, -0.2) is 17.9 Å². The van der Waals surface area contributed by atoms with Crippen LogP contribution < -0.4 is 4.72 Å². The number of nitrogens with one attached hydrogen (secondary N) is 1. The molecule has 0 bridgehead atoms. The van der Waals surface area contributed by atoms with E-state index in [0.29, 0.717) is 13.1 Å². The summed E-state index contributed by atoms with van der Waals surface area (Å²) in [5.41, 5.74) is -0.0146. The van der Waals surface area contributed by atoms with Crippen molar-refractivity contribution in [2.45, 2.75) is 44.6 Å². The number of hydrogen-bond acceptors (Lipinski definition) is 4. The fraction of sp³-hybridized carbons (Fsp3) is 0.688. The van der Waals surface area contributed by atoms with E-state index in [1.54, 1.807) is 6.92 Å². The first kappa shape index (κ1) is 19.0. The van der Waals surface area contributed by atoms with E-state index in [1.165, 1.54) is 36.1 Å². The predicted molar refractivity (Wildman–Crippen MR) is 91.7 cm³/mol. The van der Waals surface area contributed by atoms with E-state index in [4.69, 9.17) is 5.11 Å². The summed E-state index contributed by atoms with van der Waals surface area (Å²) >= 11 is 0. The Kier molecular flexibility index (Phi) is 6.42. The molecular formula is C16H27N3O4S. The number of carbonyl (C=O) groups is 1. The zero-order chi connectivity index (χ0) is 17.7. The number of hydrogen-bond donors (Lipinski definition) is 2. The molecule has 1 fully saturated rings. The van der Waals surface area contributed by atoms with Crippen LogP contribution in [0, 0.1) is 5.92 Å². The average molecular weight is 357 g/mol. The predicted octanol–water partition coefficient (Wildman–Crippen LogP) is 1.61. The molecule has 136 valence electrons. The largest absolute Gasteiger partial charge is 0.477 e. The number of aryl methyl sites for hydroxylation is 1. The molecule has 1 aromatic rings. The summed E-state index contributed by atoms with van der Waals surface area (Å²) in [7, 11) is -3.69. The highest BCUT2D eigenvalue weighted by Gasteiger charge is 2.22. The summed E-state index contributed by atoms with van der Waals surface area (Å²) in [6.45, 7) is 7.59. The Morgan fingerprint density at radius 3 is 2.54 bits per heavy atom. The van der Waals surface area contributed by atoms with Crippen molar-refractivity contribution in [3.63, 3.8) is 0 Å². The second-order valence-corrected chi connectivity index (χ2v) is 8.24. The molecule has 0 saturated carbocycles. The van der Waals surface area contributed by atoms with E-state index in [9.17, 15) is 13.2 Å². The molecular weight excluding hydrogens is 330 g/mol. The molecule has 0 amide bonds. The van der Waals surface area contributed by atoms with Crippen LogP contribution in [0.3, 0.4) is 0 Å². The molecule has 1 aliphatic heterocycles. The van der Waals surface area contributed by atoms with Crippen molar-refractivity contribution in [2.75, 3.05) is 26.2 Å². The molecule has 1 aromatic heterocycles. The van der Waals surface area contributed by atoms with E-state index < -0.39 is 16.0 Å². The van der Waals surface area contributed by atoms with Gasteiger partial charge in [-0.3, -0.25) is 0 Å². The van der Waals surface area contributed by atoms with Gasteiger partial charge in [0.05, 0.1) is 0 Å². The van der Waals surface area contributed by atoms with Gasteiger partial charge in [0.25, 0.3) is 0 Å². The molecule has 1 saturated heterocycles. The minimum Gasteiger partial charge on any atom is -0.477 e. The van der Waals surface area contributed by atoms with Gasteiger partial charge in [-0.05, 0) is 44.8 Å². The van der Waals surface area contributed by atoms with Crippen LogP contribution >= 0.6 is 0 Å². The van der Waals surface area contributed by atoms with Crippen LogP contribution in [-0.4, -0.2) is 55.1 Å². The maximum absolute atomic E-state index is 12.4. The van der Waals surface area contributed by atoms with Crippen molar-refractivity contribution < 1.29 is 18.3 Å². The Balaban J connectivity index is 1.96. The van der Waals surface area contributed by atoms with Crippen molar-refractivity contribution >= 4 is 16.0 Å². The van der Waals surface area contributed by atoms with Crippen LogP contribution in [0.2, 0.25) is 0 Å². The number of rotatable bonds is 8. The third-order valence-corrected chi connectivity index (χ3v) is 5.77. The molecule has 8 heteroatoms. The first-order valence-electron chi connectivity index (χ1n) is 8.49. The lowest BCUT2D eigenvalue weighted by molar-refractivity contribution is 0.0685. The summed E-state index contributed by atoms with van der Waals surface area (Å²) in [4.78, 5) is 13.5. The zero-order valence-electron chi connectivity index (χ0n) is 14.4. The van der Waals surface area contributed by atoms with E-state index in [-0.39, 0.29) is 16.5 Å². The molecule has 0 aromatic carbocycles. The van der Waals surface area contributed by atoms with Crippen LogP contribution in [0.25, 0.3) is 0 Å². The third kappa shape index (κ3) is 4.81. The molecule has 0 spiro atoms. The molecule has 7 nitrogen and oxygen atoms in total. The van der Waals surface area contributed by atoms with Gasteiger partial charge in [0.2, 0.25) is 10.0 Å². The van der Waals surface area contributed by atoms with Crippen LogP contribution in [0.1, 0.15) is 43.6 Å². The van der Waals surface area contributed by atoms with E-state index in [1.807, 2.05) is 6.92 Å². The Hall–Kier alpha value is -1.38. The van der Waals surface area contributed by atoms with E-state index >= 15 is 0 Å². The number of sulfonamides is 1. The average Bonchev–Trinajstić information content (AvgIpc) is 2.99. The zero-order valence-corrected chi connectivity index (χ0v) is 15.2. The van der Waals surface area contributed by atoms with Gasteiger partial charge in [0.1, 0.15) is 10.6 Å². The van der Waals surface area contributed by atoms with Crippen molar-refractivity contribution in [1.82, 2.24) is 14.2 Å². The molecule has 24 heavy (non-hydrogen) atoms. The highest BCUT2D eigenvalue weighted by atomic mass is 32.2. The van der Waals surface area contributed by atoms with Crippen LogP contribution in [0.5, 0.6) is 0 Å². The molecule has 0 aliphatic carbocycles. The molecule has 1 aliphatic rings. The van der Waals surface area contributed by atoms with Gasteiger partial charge in [-0.1, -0.05) is 13.3 Å². The van der Waals surface area contributed by atoms with Crippen molar-refractivity contribution in [3.05, 3.63) is 18.0 Å². The Labute approximate surface area is 143 Å². The summed E-state index contributed by atoms with van der Waals surface area (Å²) < 4.78 is 28.8. The van der Waals surface area contributed by atoms with Crippen molar-refractivity contribution in [3.8, 4) is 0 Å².